The summed E-state index contributed by atoms with van der Waals surface area (Å²) < 4.78 is 5.13. The lowest BCUT2D eigenvalue weighted by molar-refractivity contribution is 0.415. The van der Waals surface area contributed by atoms with Gasteiger partial charge in [-0.15, -0.1) is 0 Å². The van der Waals surface area contributed by atoms with Crippen LogP contribution in [-0.4, -0.2) is 28.8 Å². The number of hydrazone groups is 2. The largest absolute Gasteiger partial charge is 0.497 e. The fraction of sp³-hybridized carbons (Fsp3) is 0.200. The van der Waals surface area contributed by atoms with Crippen LogP contribution in [0, 0.1) is 6.92 Å². The molecule has 29 heavy (non-hydrogen) atoms. The van der Waals surface area contributed by atoms with Crippen LogP contribution in [0.5, 0.6) is 5.75 Å². The summed E-state index contributed by atoms with van der Waals surface area (Å²) in [5.41, 5.74) is 9.83. The topological polar surface area (TPSA) is 82.1 Å². The Morgan fingerprint density at radius 1 is 0.759 bits per heavy atom. The summed E-state index contributed by atoms with van der Waals surface area (Å²) in [6.45, 7) is 5.67. The number of ether oxygens (including phenoxy) is 1. The van der Waals surface area contributed by atoms with Gasteiger partial charge < -0.3 is 15.4 Å². The van der Waals surface area contributed by atoms with Crippen LogP contribution in [0.2, 0.25) is 0 Å². The Hall–Kier alpha value is -3.04. The summed E-state index contributed by atoms with van der Waals surface area (Å²) in [5.74, 6) is 0.775. The Labute approximate surface area is 181 Å². The van der Waals surface area contributed by atoms with E-state index in [4.69, 9.17) is 29.2 Å². The van der Waals surface area contributed by atoms with E-state index in [1.54, 1.807) is 7.11 Å². The third kappa shape index (κ3) is 7.84. The van der Waals surface area contributed by atoms with E-state index in [-0.39, 0.29) is 0 Å². The van der Waals surface area contributed by atoms with E-state index in [0.717, 1.165) is 17.1 Å². The molecule has 0 saturated carbocycles. The molecule has 152 valence electrons. The highest BCUT2D eigenvalue weighted by atomic mass is 32.1. The number of nitrogens with one attached hydrogen (secondary N) is 4. The number of anilines is 2. The minimum absolute atomic E-state index is 0.367. The Kier molecular flexibility index (Phi) is 8.50. The lowest BCUT2D eigenvalue weighted by Gasteiger charge is -2.09. The van der Waals surface area contributed by atoms with Gasteiger partial charge in [-0.05, 0) is 81.6 Å². The van der Waals surface area contributed by atoms with E-state index in [1.165, 1.54) is 5.56 Å². The van der Waals surface area contributed by atoms with Gasteiger partial charge in [0.05, 0.1) is 18.5 Å². The van der Waals surface area contributed by atoms with Crippen molar-refractivity contribution >= 4 is 57.5 Å². The Balaban J connectivity index is 1.82. The van der Waals surface area contributed by atoms with Gasteiger partial charge in [0.2, 0.25) is 0 Å². The van der Waals surface area contributed by atoms with Gasteiger partial charge in [-0.1, -0.05) is 17.7 Å². The molecule has 0 heterocycles. The quantitative estimate of drug-likeness (QED) is 0.314. The number of aryl methyl sites for hydroxylation is 1. The van der Waals surface area contributed by atoms with Crippen molar-refractivity contribution < 1.29 is 4.74 Å². The van der Waals surface area contributed by atoms with Gasteiger partial charge in [0.1, 0.15) is 5.75 Å². The monoisotopic (exact) mass is 428 g/mol. The van der Waals surface area contributed by atoms with Gasteiger partial charge >= 0.3 is 0 Å². The average molecular weight is 429 g/mol. The molecule has 0 spiro atoms. The second kappa shape index (κ2) is 11.1. The molecule has 0 saturated heterocycles. The van der Waals surface area contributed by atoms with Crippen molar-refractivity contribution in [2.75, 3.05) is 17.7 Å². The first-order valence-corrected chi connectivity index (χ1v) is 9.62. The molecule has 0 radical (unpaired) electrons. The summed E-state index contributed by atoms with van der Waals surface area (Å²) in [7, 11) is 1.62. The maximum Gasteiger partial charge on any atom is 0.191 e. The molecule has 0 atom stereocenters. The first kappa shape index (κ1) is 22.3. The van der Waals surface area contributed by atoms with Crippen LogP contribution in [0.15, 0.2) is 58.7 Å². The highest BCUT2D eigenvalue weighted by Gasteiger charge is 2.01. The van der Waals surface area contributed by atoms with E-state index in [9.17, 15) is 0 Å². The van der Waals surface area contributed by atoms with Crippen molar-refractivity contribution in [1.29, 1.82) is 0 Å². The highest BCUT2D eigenvalue weighted by molar-refractivity contribution is 7.80. The maximum absolute atomic E-state index is 5.25. The minimum atomic E-state index is 0.367. The maximum atomic E-state index is 5.25. The number of hydrogen-bond acceptors (Lipinski definition) is 5. The fourth-order valence-electron chi connectivity index (χ4n) is 2.06. The third-order valence-corrected chi connectivity index (χ3v) is 4.22. The third-order valence-electron chi connectivity index (χ3n) is 3.83. The zero-order valence-corrected chi connectivity index (χ0v) is 18.4. The minimum Gasteiger partial charge on any atom is -0.497 e. The molecule has 0 fully saturated rings. The van der Waals surface area contributed by atoms with Crippen LogP contribution < -0.4 is 26.2 Å². The second-order valence-electron chi connectivity index (χ2n) is 6.12. The smallest absolute Gasteiger partial charge is 0.191 e. The van der Waals surface area contributed by atoms with Crippen LogP contribution in [0.3, 0.4) is 0 Å². The van der Waals surface area contributed by atoms with Crippen molar-refractivity contribution in [1.82, 2.24) is 10.9 Å². The normalized spacial score (nSPS) is 11.4. The number of thiocarbonyl (C=S) groups is 2. The first-order valence-electron chi connectivity index (χ1n) is 8.81. The zero-order valence-electron chi connectivity index (χ0n) is 16.7. The summed E-state index contributed by atoms with van der Waals surface area (Å²) in [6, 6.07) is 15.3. The predicted molar refractivity (Wildman–Crippen MR) is 129 cm³/mol. The lowest BCUT2D eigenvalue weighted by atomic mass is 10.2. The van der Waals surface area contributed by atoms with Crippen LogP contribution in [0.1, 0.15) is 19.4 Å². The number of rotatable bonds is 6. The van der Waals surface area contributed by atoms with Crippen molar-refractivity contribution in [2.24, 2.45) is 10.2 Å². The molecule has 2 rings (SSSR count). The molecule has 0 aliphatic heterocycles. The van der Waals surface area contributed by atoms with E-state index in [2.05, 4.69) is 31.7 Å². The number of hydrogen-bond donors (Lipinski definition) is 4. The van der Waals surface area contributed by atoms with E-state index < -0.39 is 0 Å². The molecule has 2 aromatic carbocycles. The second-order valence-corrected chi connectivity index (χ2v) is 6.94. The van der Waals surface area contributed by atoms with Gasteiger partial charge in [-0.2, -0.15) is 10.2 Å². The van der Waals surface area contributed by atoms with Crippen molar-refractivity contribution in [3.63, 3.8) is 0 Å². The lowest BCUT2D eigenvalue weighted by Crippen LogP contribution is -2.28. The zero-order chi connectivity index (χ0) is 21.2. The van der Waals surface area contributed by atoms with E-state index in [0.29, 0.717) is 21.6 Å². The number of methoxy groups -OCH3 is 1. The number of benzene rings is 2. The Morgan fingerprint density at radius 3 is 1.59 bits per heavy atom. The SMILES string of the molecule is COc1ccc(NC(=S)N/N=C(C)/C(C)=N/NC(=S)Nc2ccc(C)cc2)cc1. The predicted octanol–water partition coefficient (Wildman–Crippen LogP) is 4.03. The number of nitrogens with zero attached hydrogens (tertiary/aromatic N) is 2. The van der Waals surface area contributed by atoms with Crippen molar-refractivity contribution in [3.05, 3.63) is 54.1 Å². The van der Waals surface area contributed by atoms with Crippen LogP contribution in [-0.2, 0) is 0 Å². The van der Waals surface area contributed by atoms with Crippen LogP contribution in [0.4, 0.5) is 11.4 Å². The van der Waals surface area contributed by atoms with Gasteiger partial charge in [-0.25, -0.2) is 0 Å². The molecular formula is C20H24N6OS2. The standard InChI is InChI=1S/C20H24N6OS2/c1-13-5-7-16(8-6-13)21-19(28)25-23-14(2)15(3)24-26-20(29)22-17-9-11-18(27-4)12-10-17/h5-12H,1-4H3,(H2,21,25,28)(H2,22,26,29)/b23-14+,24-15+. The summed E-state index contributed by atoms with van der Waals surface area (Å²) in [4.78, 5) is 0. The van der Waals surface area contributed by atoms with E-state index in [1.807, 2.05) is 69.3 Å². The fourth-order valence-corrected chi connectivity index (χ4v) is 2.39. The van der Waals surface area contributed by atoms with E-state index >= 15 is 0 Å². The molecule has 0 aliphatic carbocycles. The van der Waals surface area contributed by atoms with Crippen molar-refractivity contribution in [2.45, 2.75) is 20.8 Å². The van der Waals surface area contributed by atoms with Crippen LogP contribution in [0.25, 0.3) is 0 Å². The molecule has 7 nitrogen and oxygen atoms in total. The highest BCUT2D eigenvalue weighted by Crippen LogP contribution is 2.14. The molecule has 2 aromatic rings. The molecular weight excluding hydrogens is 404 g/mol. The van der Waals surface area contributed by atoms with Crippen LogP contribution >= 0.6 is 24.4 Å². The van der Waals surface area contributed by atoms with Crippen molar-refractivity contribution in [3.8, 4) is 5.75 Å². The average Bonchev–Trinajstić information content (AvgIpc) is 2.72. The first-order chi connectivity index (χ1) is 13.9. The van der Waals surface area contributed by atoms with Gasteiger partial charge in [0.25, 0.3) is 0 Å². The molecule has 9 heteroatoms. The molecule has 0 aliphatic rings. The molecule has 4 N–H and O–H groups in total. The summed E-state index contributed by atoms with van der Waals surface area (Å²) in [5, 5.41) is 15.3. The van der Waals surface area contributed by atoms with Gasteiger partial charge in [0.15, 0.2) is 10.2 Å². The molecule has 0 bridgehead atoms. The molecule has 0 aromatic heterocycles. The molecule has 0 amide bonds. The van der Waals surface area contributed by atoms with Gasteiger partial charge in [0, 0.05) is 11.4 Å². The molecule has 0 unspecified atom stereocenters. The Bertz CT molecular complexity index is 908. The Morgan fingerprint density at radius 2 is 1.17 bits per heavy atom. The van der Waals surface area contributed by atoms with Gasteiger partial charge in [-0.3, -0.25) is 10.9 Å². The summed E-state index contributed by atoms with van der Waals surface area (Å²) >= 11 is 10.5. The summed E-state index contributed by atoms with van der Waals surface area (Å²) in [6.07, 6.45) is 0.